The number of carbonyl (C=O) groups excluding carboxylic acids is 1. The number of aliphatic hydroxyl groups is 1. The monoisotopic (exact) mass is 223 g/mol. The fourth-order valence-corrected chi connectivity index (χ4v) is 1.42. The zero-order valence-electron chi connectivity index (χ0n) is 9.62. The van der Waals surface area contributed by atoms with E-state index in [9.17, 15) is 4.79 Å². The summed E-state index contributed by atoms with van der Waals surface area (Å²) in [6.45, 7) is 3.96. The molecule has 0 heterocycles. The molecule has 1 aromatic carbocycles. The quantitative estimate of drug-likeness (QED) is 0.739. The molecular weight excluding hydrogens is 206 g/mol. The van der Waals surface area contributed by atoms with Crippen LogP contribution in [0.15, 0.2) is 18.2 Å². The minimum absolute atomic E-state index is 0.0334. The fraction of sp³-hybridized carbons (Fsp3) is 0.417. The molecule has 0 spiro atoms. The molecule has 1 rings (SSSR count). The van der Waals surface area contributed by atoms with Gasteiger partial charge in [0.25, 0.3) is 0 Å². The van der Waals surface area contributed by atoms with Crippen LogP contribution in [0.1, 0.15) is 11.1 Å². The van der Waals surface area contributed by atoms with Crippen LogP contribution in [0.4, 0.5) is 5.69 Å². The Labute approximate surface area is 95.2 Å². The Hall–Kier alpha value is -1.39. The summed E-state index contributed by atoms with van der Waals surface area (Å²) in [7, 11) is 0. The lowest BCUT2D eigenvalue weighted by Crippen LogP contribution is -2.20. The van der Waals surface area contributed by atoms with E-state index < -0.39 is 0 Å². The van der Waals surface area contributed by atoms with Crippen molar-refractivity contribution in [3.05, 3.63) is 29.3 Å². The number of hydrogen-bond donors (Lipinski definition) is 2. The summed E-state index contributed by atoms with van der Waals surface area (Å²) < 4.78 is 4.93. The minimum Gasteiger partial charge on any atom is -0.394 e. The topological polar surface area (TPSA) is 58.6 Å². The van der Waals surface area contributed by atoms with E-state index in [1.807, 2.05) is 32.0 Å². The number of nitrogens with one attached hydrogen (secondary N) is 1. The van der Waals surface area contributed by atoms with Crippen LogP contribution in [0.25, 0.3) is 0 Å². The van der Waals surface area contributed by atoms with Gasteiger partial charge in [-0.25, -0.2) is 0 Å². The van der Waals surface area contributed by atoms with Crippen LogP contribution in [0, 0.1) is 13.8 Å². The van der Waals surface area contributed by atoms with Crippen LogP contribution in [-0.2, 0) is 9.53 Å². The van der Waals surface area contributed by atoms with Crippen molar-refractivity contribution in [2.75, 3.05) is 25.1 Å². The molecule has 0 radical (unpaired) electrons. The number of aryl methyl sites for hydroxylation is 2. The maximum Gasteiger partial charge on any atom is 0.250 e. The number of hydrogen-bond acceptors (Lipinski definition) is 3. The van der Waals surface area contributed by atoms with Crippen molar-refractivity contribution in [2.45, 2.75) is 13.8 Å². The second-order valence-corrected chi connectivity index (χ2v) is 3.59. The van der Waals surface area contributed by atoms with Gasteiger partial charge in [-0.2, -0.15) is 0 Å². The molecule has 0 fully saturated rings. The maximum atomic E-state index is 11.5. The summed E-state index contributed by atoms with van der Waals surface area (Å²) in [4.78, 5) is 11.5. The Balaban J connectivity index is 2.56. The fourth-order valence-electron chi connectivity index (χ4n) is 1.42. The highest BCUT2D eigenvalue weighted by molar-refractivity contribution is 5.93. The second kappa shape index (κ2) is 6.25. The Kier molecular flexibility index (Phi) is 4.95. The molecule has 0 saturated heterocycles. The first-order chi connectivity index (χ1) is 7.65. The van der Waals surface area contributed by atoms with E-state index in [0.717, 1.165) is 16.8 Å². The molecule has 0 aliphatic heterocycles. The number of benzene rings is 1. The van der Waals surface area contributed by atoms with Gasteiger partial charge in [-0.1, -0.05) is 18.2 Å². The van der Waals surface area contributed by atoms with Gasteiger partial charge in [0.1, 0.15) is 6.61 Å². The van der Waals surface area contributed by atoms with Gasteiger partial charge in [-0.3, -0.25) is 4.79 Å². The van der Waals surface area contributed by atoms with Crippen molar-refractivity contribution in [1.82, 2.24) is 0 Å². The summed E-state index contributed by atoms with van der Waals surface area (Å²) in [5.41, 5.74) is 2.88. The van der Waals surface area contributed by atoms with E-state index >= 15 is 0 Å². The third kappa shape index (κ3) is 3.64. The van der Waals surface area contributed by atoms with E-state index in [0.29, 0.717) is 0 Å². The average Bonchev–Trinajstić information content (AvgIpc) is 2.24. The van der Waals surface area contributed by atoms with Gasteiger partial charge < -0.3 is 15.2 Å². The molecule has 0 atom stereocenters. The third-order valence-electron chi connectivity index (χ3n) is 2.21. The summed E-state index contributed by atoms with van der Waals surface area (Å²) in [6.07, 6.45) is 0. The van der Waals surface area contributed by atoms with Crippen LogP contribution in [-0.4, -0.2) is 30.8 Å². The summed E-state index contributed by atoms with van der Waals surface area (Å²) in [5, 5.41) is 11.3. The highest BCUT2D eigenvalue weighted by Gasteiger charge is 2.06. The number of aliphatic hydroxyl groups excluding tert-OH is 1. The Morgan fingerprint density at radius 2 is 2.00 bits per heavy atom. The Morgan fingerprint density at radius 1 is 1.38 bits per heavy atom. The van der Waals surface area contributed by atoms with Crippen molar-refractivity contribution in [2.24, 2.45) is 0 Å². The van der Waals surface area contributed by atoms with E-state index in [2.05, 4.69) is 5.32 Å². The number of ether oxygens (including phenoxy) is 1. The van der Waals surface area contributed by atoms with Gasteiger partial charge >= 0.3 is 0 Å². The van der Waals surface area contributed by atoms with E-state index in [1.54, 1.807) is 0 Å². The second-order valence-electron chi connectivity index (χ2n) is 3.59. The average molecular weight is 223 g/mol. The van der Waals surface area contributed by atoms with Gasteiger partial charge in [0.15, 0.2) is 0 Å². The Bertz CT molecular complexity index is 343. The number of rotatable bonds is 5. The molecule has 2 N–H and O–H groups in total. The van der Waals surface area contributed by atoms with Crippen LogP contribution in [0.3, 0.4) is 0 Å². The van der Waals surface area contributed by atoms with Crippen LogP contribution in [0.2, 0.25) is 0 Å². The Morgan fingerprint density at radius 3 is 2.56 bits per heavy atom. The predicted molar refractivity (Wildman–Crippen MR) is 62.5 cm³/mol. The number of anilines is 1. The maximum absolute atomic E-state index is 11.5. The smallest absolute Gasteiger partial charge is 0.250 e. The van der Waals surface area contributed by atoms with Crippen LogP contribution >= 0.6 is 0 Å². The molecule has 16 heavy (non-hydrogen) atoms. The number of para-hydroxylation sites is 1. The molecule has 4 heteroatoms. The molecule has 0 saturated carbocycles. The van der Waals surface area contributed by atoms with Gasteiger partial charge in [0.05, 0.1) is 13.2 Å². The van der Waals surface area contributed by atoms with Crippen LogP contribution in [0.5, 0.6) is 0 Å². The molecule has 88 valence electrons. The predicted octanol–water partition coefficient (Wildman–Crippen LogP) is 1.25. The molecule has 0 aromatic heterocycles. The van der Waals surface area contributed by atoms with Gasteiger partial charge in [0, 0.05) is 5.69 Å². The number of carbonyl (C=O) groups is 1. The van der Waals surface area contributed by atoms with Gasteiger partial charge in [-0.05, 0) is 25.0 Å². The zero-order chi connectivity index (χ0) is 12.0. The summed E-state index contributed by atoms with van der Waals surface area (Å²) >= 11 is 0. The van der Waals surface area contributed by atoms with Crippen molar-refractivity contribution < 1.29 is 14.6 Å². The molecule has 4 nitrogen and oxygen atoms in total. The first kappa shape index (κ1) is 12.7. The number of amides is 1. The summed E-state index contributed by atoms with van der Waals surface area (Å²) in [5.74, 6) is -0.203. The van der Waals surface area contributed by atoms with Crippen molar-refractivity contribution >= 4 is 11.6 Å². The lowest BCUT2D eigenvalue weighted by Gasteiger charge is -2.11. The first-order valence-electron chi connectivity index (χ1n) is 5.20. The van der Waals surface area contributed by atoms with E-state index in [-0.39, 0.29) is 25.7 Å². The summed E-state index contributed by atoms with van der Waals surface area (Å²) in [6, 6.07) is 5.83. The first-order valence-corrected chi connectivity index (χ1v) is 5.20. The molecule has 1 amide bonds. The SMILES string of the molecule is Cc1cccc(C)c1NC(=O)COCCO. The largest absolute Gasteiger partial charge is 0.394 e. The highest BCUT2D eigenvalue weighted by Crippen LogP contribution is 2.18. The molecule has 0 bridgehead atoms. The molecule has 0 aliphatic rings. The minimum atomic E-state index is -0.203. The molecule has 1 aromatic rings. The highest BCUT2D eigenvalue weighted by atomic mass is 16.5. The molecule has 0 aliphatic carbocycles. The van der Waals surface area contributed by atoms with Crippen molar-refractivity contribution in [3.8, 4) is 0 Å². The van der Waals surface area contributed by atoms with Crippen LogP contribution < -0.4 is 5.32 Å². The van der Waals surface area contributed by atoms with Gasteiger partial charge in [-0.15, -0.1) is 0 Å². The lowest BCUT2D eigenvalue weighted by atomic mass is 10.1. The van der Waals surface area contributed by atoms with E-state index in [4.69, 9.17) is 9.84 Å². The standard InChI is InChI=1S/C12H17NO3/c1-9-4-3-5-10(2)12(9)13-11(15)8-16-7-6-14/h3-5,14H,6-8H2,1-2H3,(H,13,15). The van der Waals surface area contributed by atoms with Crippen molar-refractivity contribution in [3.63, 3.8) is 0 Å². The molecular formula is C12H17NO3. The van der Waals surface area contributed by atoms with Gasteiger partial charge in [0.2, 0.25) is 5.91 Å². The zero-order valence-corrected chi connectivity index (χ0v) is 9.62. The third-order valence-corrected chi connectivity index (χ3v) is 2.21. The van der Waals surface area contributed by atoms with E-state index in [1.165, 1.54) is 0 Å². The normalized spacial score (nSPS) is 10.2. The van der Waals surface area contributed by atoms with Crippen molar-refractivity contribution in [1.29, 1.82) is 0 Å². The lowest BCUT2D eigenvalue weighted by molar-refractivity contribution is -0.120. The molecule has 0 unspecified atom stereocenters.